The van der Waals surface area contributed by atoms with E-state index in [0.717, 1.165) is 0 Å². The number of hydrogen-bond acceptors (Lipinski definition) is 3. The second kappa shape index (κ2) is 4.77. The van der Waals surface area contributed by atoms with E-state index < -0.39 is 11.9 Å². The number of carbonyl (C=O) groups excluding carboxylic acids is 2. The molecule has 84 valence electrons. The minimum atomic E-state index is -0.984. The summed E-state index contributed by atoms with van der Waals surface area (Å²) in [6.07, 6.45) is -0.00522. The van der Waals surface area contributed by atoms with Crippen molar-refractivity contribution in [3.63, 3.8) is 0 Å². The lowest BCUT2D eigenvalue weighted by molar-refractivity contribution is -0.141. The molecule has 0 radical (unpaired) electrons. The van der Waals surface area contributed by atoms with Crippen LogP contribution in [0.2, 0.25) is 0 Å². The Hall–Kier alpha value is -1.59. The van der Waals surface area contributed by atoms with Crippen LogP contribution < -0.4 is 5.32 Å². The van der Waals surface area contributed by atoms with Crippen molar-refractivity contribution in [3.8, 4) is 0 Å². The molecule has 1 saturated heterocycles. The SMILES string of the molecule is CCNC(=O)CN1CC(C(=O)O)CC1=O. The van der Waals surface area contributed by atoms with Crippen molar-refractivity contribution in [2.75, 3.05) is 19.6 Å². The number of rotatable bonds is 4. The van der Waals surface area contributed by atoms with Gasteiger partial charge in [0.05, 0.1) is 12.5 Å². The molecule has 15 heavy (non-hydrogen) atoms. The quantitative estimate of drug-likeness (QED) is 0.632. The van der Waals surface area contributed by atoms with Crippen LogP contribution in [0.15, 0.2) is 0 Å². The molecule has 1 fully saturated rings. The summed E-state index contributed by atoms with van der Waals surface area (Å²) in [5.41, 5.74) is 0. The Labute approximate surface area is 87.2 Å². The molecule has 1 rings (SSSR count). The van der Waals surface area contributed by atoms with Gasteiger partial charge in [-0.15, -0.1) is 0 Å². The number of nitrogens with zero attached hydrogens (tertiary/aromatic N) is 1. The Morgan fingerprint density at radius 3 is 2.73 bits per heavy atom. The third-order valence-corrected chi connectivity index (χ3v) is 2.27. The first-order chi connectivity index (χ1) is 7.04. The van der Waals surface area contributed by atoms with E-state index in [2.05, 4.69) is 5.32 Å². The molecule has 0 aliphatic carbocycles. The number of likely N-dealkylation sites (N-methyl/N-ethyl adjacent to an activating group) is 1. The van der Waals surface area contributed by atoms with Crippen LogP contribution in [0.25, 0.3) is 0 Å². The smallest absolute Gasteiger partial charge is 0.308 e. The topological polar surface area (TPSA) is 86.7 Å². The third-order valence-electron chi connectivity index (χ3n) is 2.27. The average Bonchev–Trinajstić information content (AvgIpc) is 2.48. The lowest BCUT2D eigenvalue weighted by Gasteiger charge is -2.14. The summed E-state index contributed by atoms with van der Waals surface area (Å²) in [6.45, 7) is 2.37. The molecule has 0 aromatic heterocycles. The summed E-state index contributed by atoms with van der Waals surface area (Å²) < 4.78 is 0. The van der Waals surface area contributed by atoms with Gasteiger partial charge in [-0.05, 0) is 6.92 Å². The first-order valence-corrected chi connectivity index (χ1v) is 4.81. The number of nitrogens with one attached hydrogen (secondary N) is 1. The number of carbonyl (C=O) groups is 3. The van der Waals surface area contributed by atoms with Crippen LogP contribution in [-0.4, -0.2) is 47.4 Å². The Morgan fingerprint density at radius 1 is 1.60 bits per heavy atom. The number of amides is 2. The van der Waals surface area contributed by atoms with Gasteiger partial charge in [0.15, 0.2) is 0 Å². The molecular formula is C9H14N2O4. The zero-order chi connectivity index (χ0) is 11.4. The van der Waals surface area contributed by atoms with Gasteiger partial charge in [0, 0.05) is 19.5 Å². The summed E-state index contributed by atoms with van der Waals surface area (Å²) in [5.74, 6) is -2.18. The summed E-state index contributed by atoms with van der Waals surface area (Å²) >= 11 is 0. The lowest BCUT2D eigenvalue weighted by Crippen LogP contribution is -2.38. The molecule has 6 heteroatoms. The molecule has 2 N–H and O–H groups in total. The van der Waals surface area contributed by atoms with Crippen LogP contribution in [-0.2, 0) is 14.4 Å². The van der Waals surface area contributed by atoms with E-state index in [1.807, 2.05) is 0 Å². The van der Waals surface area contributed by atoms with Gasteiger partial charge in [0.2, 0.25) is 11.8 Å². The molecule has 0 saturated carbocycles. The van der Waals surface area contributed by atoms with E-state index in [1.165, 1.54) is 4.90 Å². The fraction of sp³-hybridized carbons (Fsp3) is 0.667. The van der Waals surface area contributed by atoms with Crippen LogP contribution in [0, 0.1) is 5.92 Å². The predicted octanol–water partition coefficient (Wildman–Crippen LogP) is -0.944. The number of carboxylic acids is 1. The molecule has 1 unspecified atom stereocenters. The maximum absolute atomic E-state index is 11.3. The first-order valence-electron chi connectivity index (χ1n) is 4.81. The number of hydrogen-bond donors (Lipinski definition) is 2. The van der Waals surface area contributed by atoms with E-state index in [0.29, 0.717) is 6.54 Å². The Kier molecular flexibility index (Phi) is 3.65. The predicted molar refractivity (Wildman–Crippen MR) is 51.0 cm³/mol. The molecule has 2 amide bonds. The van der Waals surface area contributed by atoms with Crippen molar-refractivity contribution in [3.05, 3.63) is 0 Å². The molecule has 0 aromatic carbocycles. The van der Waals surface area contributed by atoms with E-state index in [9.17, 15) is 14.4 Å². The van der Waals surface area contributed by atoms with Crippen LogP contribution >= 0.6 is 0 Å². The van der Waals surface area contributed by atoms with Gasteiger partial charge in [-0.1, -0.05) is 0 Å². The standard InChI is InChI=1S/C9H14N2O4/c1-2-10-7(12)5-11-4-6(9(14)15)3-8(11)13/h6H,2-5H2,1H3,(H,10,12)(H,14,15). The zero-order valence-electron chi connectivity index (χ0n) is 8.52. The third kappa shape index (κ3) is 2.93. The van der Waals surface area contributed by atoms with Crippen LogP contribution in [0.1, 0.15) is 13.3 Å². The first kappa shape index (κ1) is 11.5. The Balaban J connectivity index is 2.47. The average molecular weight is 214 g/mol. The largest absolute Gasteiger partial charge is 0.481 e. The highest BCUT2D eigenvalue weighted by Crippen LogP contribution is 2.17. The van der Waals surface area contributed by atoms with Crippen molar-refractivity contribution in [2.24, 2.45) is 5.92 Å². The Bertz CT molecular complexity index is 290. The Morgan fingerprint density at radius 2 is 2.27 bits per heavy atom. The molecule has 1 aliphatic heterocycles. The van der Waals surface area contributed by atoms with Gasteiger partial charge >= 0.3 is 5.97 Å². The minimum absolute atomic E-state index is 0.00522. The van der Waals surface area contributed by atoms with E-state index in [1.54, 1.807) is 6.92 Å². The van der Waals surface area contributed by atoms with Crippen LogP contribution in [0.4, 0.5) is 0 Å². The van der Waals surface area contributed by atoms with E-state index in [-0.39, 0.29) is 31.3 Å². The van der Waals surface area contributed by atoms with Gasteiger partial charge in [-0.25, -0.2) is 0 Å². The van der Waals surface area contributed by atoms with Gasteiger partial charge in [0.1, 0.15) is 0 Å². The number of aliphatic carboxylic acids is 1. The fourth-order valence-electron chi connectivity index (χ4n) is 1.52. The maximum Gasteiger partial charge on any atom is 0.308 e. The van der Waals surface area contributed by atoms with E-state index in [4.69, 9.17) is 5.11 Å². The number of carboxylic acid groups (broad SMARTS) is 1. The van der Waals surface area contributed by atoms with Crippen LogP contribution in [0.3, 0.4) is 0 Å². The maximum atomic E-state index is 11.3. The highest BCUT2D eigenvalue weighted by atomic mass is 16.4. The monoisotopic (exact) mass is 214 g/mol. The highest BCUT2D eigenvalue weighted by Gasteiger charge is 2.34. The second-order valence-corrected chi connectivity index (χ2v) is 3.47. The number of likely N-dealkylation sites (tertiary alicyclic amines) is 1. The van der Waals surface area contributed by atoms with Crippen molar-refractivity contribution < 1.29 is 19.5 Å². The lowest BCUT2D eigenvalue weighted by atomic mass is 10.1. The van der Waals surface area contributed by atoms with Crippen molar-refractivity contribution in [1.29, 1.82) is 0 Å². The second-order valence-electron chi connectivity index (χ2n) is 3.47. The molecular weight excluding hydrogens is 200 g/mol. The summed E-state index contributed by atoms with van der Waals surface area (Å²) in [6, 6.07) is 0. The van der Waals surface area contributed by atoms with Gasteiger partial charge in [0.25, 0.3) is 0 Å². The highest BCUT2D eigenvalue weighted by molar-refractivity contribution is 5.89. The van der Waals surface area contributed by atoms with Crippen molar-refractivity contribution in [1.82, 2.24) is 10.2 Å². The van der Waals surface area contributed by atoms with Gasteiger partial charge in [-0.2, -0.15) is 0 Å². The molecule has 1 atom stereocenters. The fourth-order valence-corrected chi connectivity index (χ4v) is 1.52. The van der Waals surface area contributed by atoms with E-state index >= 15 is 0 Å². The summed E-state index contributed by atoms with van der Waals surface area (Å²) in [7, 11) is 0. The molecule has 6 nitrogen and oxygen atoms in total. The minimum Gasteiger partial charge on any atom is -0.481 e. The van der Waals surface area contributed by atoms with Crippen molar-refractivity contribution in [2.45, 2.75) is 13.3 Å². The van der Waals surface area contributed by atoms with Gasteiger partial charge in [-0.3, -0.25) is 14.4 Å². The van der Waals surface area contributed by atoms with Crippen LogP contribution in [0.5, 0.6) is 0 Å². The molecule has 0 aromatic rings. The zero-order valence-corrected chi connectivity index (χ0v) is 8.52. The normalized spacial score (nSPS) is 20.5. The molecule has 0 spiro atoms. The molecule has 0 bridgehead atoms. The van der Waals surface area contributed by atoms with Crippen molar-refractivity contribution >= 4 is 17.8 Å². The van der Waals surface area contributed by atoms with Gasteiger partial charge < -0.3 is 15.3 Å². The molecule has 1 heterocycles. The summed E-state index contributed by atoms with van der Waals surface area (Å²) in [4.78, 5) is 34.4. The molecule has 1 aliphatic rings. The summed E-state index contributed by atoms with van der Waals surface area (Å²) in [5, 5.41) is 11.3.